The first-order valence-corrected chi connectivity index (χ1v) is 9.52. The van der Waals surface area contributed by atoms with Gasteiger partial charge in [-0.25, -0.2) is 4.98 Å². The van der Waals surface area contributed by atoms with E-state index in [-0.39, 0.29) is 0 Å². The molecule has 5 heteroatoms. The minimum Gasteiger partial charge on any atom is -0.456 e. The van der Waals surface area contributed by atoms with E-state index >= 15 is 0 Å². The van der Waals surface area contributed by atoms with Gasteiger partial charge < -0.3 is 15.5 Å². The van der Waals surface area contributed by atoms with Crippen LogP contribution in [-0.2, 0) is 0 Å². The van der Waals surface area contributed by atoms with E-state index in [1.54, 1.807) is 0 Å². The van der Waals surface area contributed by atoms with Gasteiger partial charge in [0.2, 0.25) is 0 Å². The molecule has 3 N–H and O–H groups in total. The second-order valence-electron chi connectivity index (χ2n) is 7.36. The Labute approximate surface area is 157 Å². The summed E-state index contributed by atoms with van der Waals surface area (Å²) < 4.78 is 6.05. The van der Waals surface area contributed by atoms with Crippen LogP contribution >= 0.6 is 0 Å². The molecule has 5 nitrogen and oxygen atoms in total. The van der Waals surface area contributed by atoms with Gasteiger partial charge in [0.15, 0.2) is 0 Å². The molecule has 0 bridgehead atoms. The molecule has 3 heterocycles. The molecule has 0 atom stereocenters. The molecule has 1 saturated carbocycles. The van der Waals surface area contributed by atoms with Gasteiger partial charge in [0.25, 0.3) is 0 Å². The lowest BCUT2D eigenvalue weighted by Gasteiger charge is -2.27. The number of nitrogens with zero attached hydrogens (tertiary/aromatic N) is 2. The SMILES string of the molecule is NC1CCC(Nc2ccc3cncc(-c4cc5ccccc5o4)c3n2)CC1. The van der Waals surface area contributed by atoms with E-state index in [1.807, 2.05) is 36.7 Å². The fourth-order valence-electron chi connectivity index (χ4n) is 3.89. The monoisotopic (exact) mass is 358 g/mol. The largest absolute Gasteiger partial charge is 0.456 e. The highest BCUT2D eigenvalue weighted by molar-refractivity contribution is 5.94. The maximum atomic E-state index is 6.05. The number of para-hydroxylation sites is 1. The third-order valence-electron chi connectivity index (χ3n) is 5.41. The zero-order valence-electron chi connectivity index (χ0n) is 15.1. The number of anilines is 1. The maximum Gasteiger partial charge on any atom is 0.139 e. The predicted octanol–water partition coefficient (Wildman–Crippen LogP) is 4.72. The van der Waals surface area contributed by atoms with Crippen molar-refractivity contribution in [3.63, 3.8) is 0 Å². The molecule has 0 spiro atoms. The number of aromatic nitrogens is 2. The Morgan fingerprint density at radius 3 is 2.67 bits per heavy atom. The van der Waals surface area contributed by atoms with E-state index in [1.165, 1.54) is 0 Å². The zero-order chi connectivity index (χ0) is 18.2. The average Bonchev–Trinajstić information content (AvgIpc) is 3.13. The lowest BCUT2D eigenvalue weighted by Crippen LogP contribution is -2.33. The molecule has 5 rings (SSSR count). The van der Waals surface area contributed by atoms with Gasteiger partial charge in [0.05, 0.1) is 11.1 Å². The van der Waals surface area contributed by atoms with E-state index in [0.717, 1.165) is 64.7 Å². The number of pyridine rings is 2. The Bertz CT molecular complexity index is 1060. The van der Waals surface area contributed by atoms with E-state index in [2.05, 4.69) is 28.5 Å². The minimum absolute atomic E-state index is 0.346. The molecule has 1 aliphatic carbocycles. The van der Waals surface area contributed by atoms with Crippen molar-refractivity contribution < 1.29 is 4.42 Å². The van der Waals surface area contributed by atoms with Crippen LogP contribution in [0.4, 0.5) is 5.82 Å². The fourth-order valence-corrected chi connectivity index (χ4v) is 3.89. The first kappa shape index (κ1) is 16.3. The summed E-state index contributed by atoms with van der Waals surface area (Å²) in [5, 5.41) is 5.67. The Kier molecular flexibility index (Phi) is 4.02. The van der Waals surface area contributed by atoms with E-state index in [4.69, 9.17) is 15.1 Å². The first-order valence-electron chi connectivity index (χ1n) is 9.52. The highest BCUT2D eigenvalue weighted by Gasteiger charge is 2.19. The fraction of sp³-hybridized carbons (Fsp3) is 0.273. The van der Waals surface area contributed by atoms with Gasteiger partial charge in [-0.3, -0.25) is 4.98 Å². The smallest absolute Gasteiger partial charge is 0.139 e. The molecule has 0 unspecified atom stereocenters. The second kappa shape index (κ2) is 6.67. The quantitative estimate of drug-likeness (QED) is 0.554. The van der Waals surface area contributed by atoms with Gasteiger partial charge in [-0.15, -0.1) is 0 Å². The number of hydrogen-bond acceptors (Lipinski definition) is 5. The van der Waals surface area contributed by atoms with Crippen molar-refractivity contribution in [1.82, 2.24) is 9.97 Å². The molecule has 1 aliphatic rings. The summed E-state index contributed by atoms with van der Waals surface area (Å²) >= 11 is 0. The summed E-state index contributed by atoms with van der Waals surface area (Å²) in [7, 11) is 0. The van der Waals surface area contributed by atoms with Crippen LogP contribution in [0.15, 0.2) is 59.3 Å². The number of hydrogen-bond donors (Lipinski definition) is 2. The summed E-state index contributed by atoms with van der Waals surface area (Å²) in [4.78, 5) is 9.27. The minimum atomic E-state index is 0.346. The topological polar surface area (TPSA) is 77.0 Å². The summed E-state index contributed by atoms with van der Waals surface area (Å²) in [5.41, 5.74) is 8.71. The van der Waals surface area contributed by atoms with Crippen LogP contribution in [0.2, 0.25) is 0 Å². The molecule has 0 radical (unpaired) electrons. The van der Waals surface area contributed by atoms with Gasteiger partial charge in [-0.2, -0.15) is 0 Å². The lowest BCUT2D eigenvalue weighted by atomic mass is 9.92. The van der Waals surface area contributed by atoms with Crippen LogP contribution in [0.3, 0.4) is 0 Å². The summed E-state index contributed by atoms with van der Waals surface area (Å²) in [5.74, 6) is 1.69. The second-order valence-corrected chi connectivity index (χ2v) is 7.36. The van der Waals surface area contributed by atoms with Crippen molar-refractivity contribution in [3.05, 3.63) is 54.9 Å². The highest BCUT2D eigenvalue weighted by Crippen LogP contribution is 2.32. The first-order chi connectivity index (χ1) is 13.3. The van der Waals surface area contributed by atoms with Gasteiger partial charge >= 0.3 is 0 Å². The summed E-state index contributed by atoms with van der Waals surface area (Å²) in [6.45, 7) is 0. The van der Waals surface area contributed by atoms with E-state index < -0.39 is 0 Å². The van der Waals surface area contributed by atoms with Crippen molar-refractivity contribution in [2.75, 3.05) is 5.32 Å². The maximum absolute atomic E-state index is 6.05. The molecular weight excluding hydrogens is 336 g/mol. The van der Waals surface area contributed by atoms with Crippen molar-refractivity contribution in [2.45, 2.75) is 37.8 Å². The third-order valence-corrected chi connectivity index (χ3v) is 5.41. The van der Waals surface area contributed by atoms with Gasteiger partial charge in [0, 0.05) is 35.2 Å². The average molecular weight is 358 g/mol. The highest BCUT2D eigenvalue weighted by atomic mass is 16.3. The molecule has 136 valence electrons. The third kappa shape index (κ3) is 3.15. The molecule has 0 aliphatic heterocycles. The Hall–Kier alpha value is -2.92. The van der Waals surface area contributed by atoms with Crippen LogP contribution in [-0.4, -0.2) is 22.1 Å². The molecule has 0 amide bonds. The van der Waals surface area contributed by atoms with Crippen LogP contribution in [0.25, 0.3) is 33.2 Å². The lowest BCUT2D eigenvalue weighted by molar-refractivity contribution is 0.410. The van der Waals surface area contributed by atoms with Crippen LogP contribution in [0.5, 0.6) is 0 Å². The summed E-state index contributed by atoms with van der Waals surface area (Å²) in [6, 6.07) is 15.0. The Balaban J connectivity index is 1.52. The van der Waals surface area contributed by atoms with Crippen molar-refractivity contribution in [1.29, 1.82) is 0 Å². The molecule has 27 heavy (non-hydrogen) atoms. The number of nitrogens with one attached hydrogen (secondary N) is 1. The van der Waals surface area contributed by atoms with E-state index in [9.17, 15) is 0 Å². The zero-order valence-corrected chi connectivity index (χ0v) is 15.1. The number of benzene rings is 1. The van der Waals surface area contributed by atoms with Crippen LogP contribution < -0.4 is 11.1 Å². The molecule has 0 saturated heterocycles. The van der Waals surface area contributed by atoms with Gasteiger partial charge in [-0.05, 0) is 49.9 Å². The standard InChI is InChI=1S/C22H22N4O/c23-16-6-8-17(9-7-16)25-21-10-5-15-12-24-13-18(22(15)26-21)20-11-14-3-1-2-4-19(14)27-20/h1-5,10-13,16-17H,6-9,23H2,(H,25,26). The Morgan fingerprint density at radius 1 is 0.963 bits per heavy atom. The van der Waals surface area contributed by atoms with Crippen LogP contribution in [0.1, 0.15) is 25.7 Å². The molecule has 1 aromatic carbocycles. The number of rotatable bonds is 3. The predicted molar refractivity (Wildman–Crippen MR) is 109 cm³/mol. The number of nitrogens with two attached hydrogens (primary N) is 1. The summed E-state index contributed by atoms with van der Waals surface area (Å²) in [6.07, 6.45) is 7.99. The molecular formula is C22H22N4O. The molecule has 1 fully saturated rings. The van der Waals surface area contributed by atoms with Gasteiger partial charge in [0.1, 0.15) is 17.2 Å². The normalized spacial score (nSPS) is 20.2. The number of fused-ring (bicyclic) bond motifs is 2. The van der Waals surface area contributed by atoms with E-state index in [0.29, 0.717) is 12.1 Å². The molecule has 4 aromatic rings. The molecule has 3 aromatic heterocycles. The van der Waals surface area contributed by atoms with Gasteiger partial charge in [-0.1, -0.05) is 18.2 Å². The van der Waals surface area contributed by atoms with Crippen LogP contribution in [0, 0.1) is 0 Å². The van der Waals surface area contributed by atoms with Crippen molar-refractivity contribution in [2.24, 2.45) is 5.73 Å². The number of furan rings is 1. The van der Waals surface area contributed by atoms with Crippen molar-refractivity contribution >= 4 is 27.7 Å². The Morgan fingerprint density at radius 2 is 1.81 bits per heavy atom. The van der Waals surface area contributed by atoms with Crippen molar-refractivity contribution in [3.8, 4) is 11.3 Å².